The van der Waals surface area contributed by atoms with Gasteiger partial charge < -0.3 is 14.8 Å². The van der Waals surface area contributed by atoms with Crippen LogP contribution in [0.5, 0.6) is 0 Å². The van der Waals surface area contributed by atoms with Crippen LogP contribution < -0.4 is 5.32 Å². The van der Waals surface area contributed by atoms with Crippen molar-refractivity contribution >= 4 is 23.0 Å². The molecule has 1 spiro atoms. The summed E-state index contributed by atoms with van der Waals surface area (Å²) in [5.41, 5.74) is 0.764. The smallest absolute Gasteiger partial charge is 0.220 e. The third-order valence-electron chi connectivity index (χ3n) is 4.85. The molecule has 2 aliphatic rings. The van der Waals surface area contributed by atoms with Crippen LogP contribution in [-0.4, -0.2) is 36.7 Å². The van der Waals surface area contributed by atoms with Crippen LogP contribution in [0.4, 0.5) is 0 Å². The minimum Gasteiger partial charge on any atom is -0.353 e. The molecule has 0 aromatic carbocycles. The highest BCUT2D eigenvalue weighted by atomic mass is 32.1. The van der Waals surface area contributed by atoms with Gasteiger partial charge in [-0.05, 0) is 32.8 Å². The number of carbonyl (C=O) groups is 2. The van der Waals surface area contributed by atoms with Crippen molar-refractivity contribution in [2.45, 2.75) is 64.2 Å². The summed E-state index contributed by atoms with van der Waals surface area (Å²) in [4.78, 5) is 26.5. The molecule has 1 aliphatic carbocycles. The molecule has 132 valence electrons. The Labute approximate surface area is 146 Å². The average Bonchev–Trinajstić information content (AvgIpc) is 3.14. The summed E-state index contributed by atoms with van der Waals surface area (Å²) in [7, 11) is 0. The maximum absolute atomic E-state index is 12.2. The highest BCUT2D eigenvalue weighted by Gasteiger charge is 2.40. The normalized spacial score (nSPS) is 20.4. The number of amides is 1. The lowest BCUT2D eigenvalue weighted by Gasteiger charge is -2.35. The van der Waals surface area contributed by atoms with Gasteiger partial charge >= 0.3 is 0 Å². The van der Waals surface area contributed by atoms with E-state index < -0.39 is 5.79 Å². The first-order valence-corrected chi connectivity index (χ1v) is 9.47. The van der Waals surface area contributed by atoms with E-state index >= 15 is 0 Å². The van der Waals surface area contributed by atoms with Crippen molar-refractivity contribution in [3.63, 3.8) is 0 Å². The number of thiophene rings is 1. The van der Waals surface area contributed by atoms with E-state index in [1.54, 1.807) is 11.3 Å². The maximum atomic E-state index is 12.2. The van der Waals surface area contributed by atoms with Gasteiger partial charge in [-0.2, -0.15) is 0 Å². The van der Waals surface area contributed by atoms with Crippen LogP contribution in [0.1, 0.15) is 58.6 Å². The lowest BCUT2D eigenvalue weighted by atomic mass is 9.90. The van der Waals surface area contributed by atoms with Crippen LogP contribution >= 0.6 is 11.3 Å². The van der Waals surface area contributed by atoms with Gasteiger partial charge in [0.2, 0.25) is 5.91 Å². The molecule has 1 N–H and O–H groups in total. The van der Waals surface area contributed by atoms with Crippen molar-refractivity contribution in [1.29, 1.82) is 0 Å². The minimum atomic E-state index is -0.397. The predicted molar refractivity (Wildman–Crippen MR) is 92.4 cm³/mol. The molecule has 1 saturated carbocycles. The van der Waals surface area contributed by atoms with Crippen LogP contribution in [0.2, 0.25) is 0 Å². The van der Waals surface area contributed by atoms with Crippen molar-refractivity contribution in [3.8, 4) is 0 Å². The number of hydrogen-bond acceptors (Lipinski definition) is 5. The molecule has 1 aromatic heterocycles. The van der Waals surface area contributed by atoms with Gasteiger partial charge in [-0.15, -0.1) is 11.3 Å². The zero-order chi connectivity index (χ0) is 17.2. The highest BCUT2D eigenvalue weighted by molar-refractivity contribution is 7.12. The number of Topliss-reactive ketones (excluding diaryl/α,β-unsaturated/α-hetero) is 1. The number of hydrogen-bond donors (Lipinski definition) is 1. The molecule has 1 amide bonds. The Morgan fingerprint density at radius 2 is 1.88 bits per heavy atom. The quantitative estimate of drug-likeness (QED) is 0.828. The minimum absolute atomic E-state index is 0.0397. The largest absolute Gasteiger partial charge is 0.353 e. The number of ketones is 1. The van der Waals surface area contributed by atoms with Crippen molar-refractivity contribution in [2.75, 3.05) is 13.2 Å². The van der Waals surface area contributed by atoms with E-state index in [-0.39, 0.29) is 30.6 Å². The fraction of sp³-hybridized carbons (Fsp3) is 0.667. The van der Waals surface area contributed by atoms with E-state index in [2.05, 4.69) is 5.32 Å². The molecule has 1 aliphatic heterocycles. The lowest BCUT2D eigenvalue weighted by molar-refractivity contribution is -0.180. The van der Waals surface area contributed by atoms with Crippen LogP contribution in [0.15, 0.2) is 6.07 Å². The topological polar surface area (TPSA) is 64.6 Å². The van der Waals surface area contributed by atoms with Gasteiger partial charge in [0.1, 0.15) is 0 Å². The molecule has 2 heterocycles. The first kappa shape index (κ1) is 17.6. The zero-order valence-corrected chi connectivity index (χ0v) is 15.2. The fourth-order valence-corrected chi connectivity index (χ4v) is 4.50. The summed E-state index contributed by atoms with van der Waals surface area (Å²) < 4.78 is 11.4. The van der Waals surface area contributed by atoms with E-state index in [1.165, 1.54) is 0 Å². The summed E-state index contributed by atoms with van der Waals surface area (Å²) in [6.07, 6.45) is 3.90. The van der Waals surface area contributed by atoms with Crippen LogP contribution in [-0.2, 0) is 14.3 Å². The second-order valence-corrected chi connectivity index (χ2v) is 8.16. The fourth-order valence-electron chi connectivity index (χ4n) is 3.56. The monoisotopic (exact) mass is 351 g/mol. The van der Waals surface area contributed by atoms with Crippen molar-refractivity contribution < 1.29 is 19.1 Å². The number of ether oxygens (including phenoxy) is 2. The van der Waals surface area contributed by atoms with Gasteiger partial charge in [-0.25, -0.2) is 0 Å². The Morgan fingerprint density at radius 3 is 2.46 bits per heavy atom. The molecule has 2 fully saturated rings. The van der Waals surface area contributed by atoms with Crippen LogP contribution in [0.3, 0.4) is 0 Å². The number of rotatable bonds is 5. The summed E-state index contributed by atoms with van der Waals surface area (Å²) in [5, 5.41) is 3.05. The van der Waals surface area contributed by atoms with Gasteiger partial charge in [0.05, 0.1) is 13.2 Å². The molecular formula is C18H25NO4S. The van der Waals surface area contributed by atoms with E-state index in [0.717, 1.165) is 41.0 Å². The van der Waals surface area contributed by atoms with E-state index in [9.17, 15) is 9.59 Å². The van der Waals surface area contributed by atoms with Gasteiger partial charge in [0.25, 0.3) is 0 Å². The molecule has 24 heavy (non-hydrogen) atoms. The Balaban J connectivity index is 1.41. The van der Waals surface area contributed by atoms with Crippen molar-refractivity contribution in [3.05, 3.63) is 21.4 Å². The second-order valence-electron chi connectivity index (χ2n) is 6.70. The van der Waals surface area contributed by atoms with Crippen LogP contribution in [0.25, 0.3) is 0 Å². The number of aryl methyl sites for hydroxylation is 2. The van der Waals surface area contributed by atoms with Gasteiger partial charge in [0, 0.05) is 47.0 Å². The Kier molecular flexibility index (Phi) is 5.37. The van der Waals surface area contributed by atoms with Crippen molar-refractivity contribution in [1.82, 2.24) is 5.32 Å². The molecule has 1 saturated heterocycles. The average molecular weight is 351 g/mol. The molecule has 0 radical (unpaired) electrons. The summed E-state index contributed by atoms with van der Waals surface area (Å²) in [6, 6.07) is 2.08. The molecule has 0 atom stereocenters. The van der Waals surface area contributed by atoms with E-state index in [4.69, 9.17) is 9.47 Å². The van der Waals surface area contributed by atoms with Crippen molar-refractivity contribution in [2.24, 2.45) is 0 Å². The SMILES string of the molecule is Cc1cc(C(=O)CCC(=O)NC2CCC3(CC2)OCCO3)c(C)s1. The van der Waals surface area contributed by atoms with Gasteiger partial charge in [-0.1, -0.05) is 0 Å². The molecule has 0 unspecified atom stereocenters. The molecule has 5 nitrogen and oxygen atoms in total. The van der Waals surface area contributed by atoms with Gasteiger partial charge in [-0.3, -0.25) is 9.59 Å². The Hall–Kier alpha value is -1.24. The number of carbonyl (C=O) groups excluding carboxylic acids is 2. The maximum Gasteiger partial charge on any atom is 0.220 e. The number of nitrogens with one attached hydrogen (secondary N) is 1. The highest BCUT2D eigenvalue weighted by Crippen LogP contribution is 2.35. The molecule has 6 heteroatoms. The first-order chi connectivity index (χ1) is 11.5. The second kappa shape index (κ2) is 7.33. The van der Waals surface area contributed by atoms with Crippen LogP contribution in [0, 0.1) is 13.8 Å². The third-order valence-corrected chi connectivity index (χ3v) is 5.81. The predicted octanol–water partition coefficient (Wildman–Crippen LogP) is 3.13. The third kappa shape index (κ3) is 4.05. The molecule has 1 aromatic rings. The first-order valence-electron chi connectivity index (χ1n) is 8.65. The summed E-state index contributed by atoms with van der Waals surface area (Å²) in [6.45, 7) is 5.28. The lowest BCUT2D eigenvalue weighted by Crippen LogP contribution is -2.44. The Bertz CT molecular complexity index is 609. The molecular weight excluding hydrogens is 326 g/mol. The summed E-state index contributed by atoms with van der Waals surface area (Å²) >= 11 is 1.62. The van der Waals surface area contributed by atoms with E-state index in [0.29, 0.717) is 13.2 Å². The molecule has 3 rings (SSSR count). The Morgan fingerprint density at radius 1 is 1.21 bits per heavy atom. The van der Waals surface area contributed by atoms with Gasteiger partial charge in [0.15, 0.2) is 11.6 Å². The standard InChI is InChI=1S/C18H25NO4S/c1-12-11-15(13(2)24-12)16(20)3-4-17(21)19-14-5-7-18(8-6-14)22-9-10-23-18/h11,14H,3-10H2,1-2H3,(H,19,21). The van der Waals surface area contributed by atoms with E-state index in [1.807, 2.05) is 19.9 Å². The zero-order valence-electron chi connectivity index (χ0n) is 14.4. The molecule has 0 bridgehead atoms. The summed E-state index contributed by atoms with van der Waals surface area (Å²) in [5.74, 6) is -0.379.